The van der Waals surface area contributed by atoms with Gasteiger partial charge in [-0.25, -0.2) is 0 Å². The predicted molar refractivity (Wildman–Crippen MR) is 87.7 cm³/mol. The Morgan fingerprint density at radius 2 is 1.95 bits per heavy atom. The summed E-state index contributed by atoms with van der Waals surface area (Å²) in [5.74, 6) is 0.478. The molecule has 0 saturated carbocycles. The molecule has 0 spiro atoms. The van der Waals surface area contributed by atoms with Gasteiger partial charge in [0.05, 0.1) is 12.3 Å². The molecule has 118 valence electrons. The number of hydrogen-bond acceptors (Lipinski definition) is 3. The highest BCUT2D eigenvalue weighted by atomic mass is 16.5. The second-order valence-electron chi connectivity index (χ2n) is 6.37. The van der Waals surface area contributed by atoms with E-state index < -0.39 is 0 Å². The predicted octanol–water partition coefficient (Wildman–Crippen LogP) is 3.76. The van der Waals surface area contributed by atoms with Crippen molar-refractivity contribution in [2.75, 3.05) is 12.3 Å². The Labute approximate surface area is 128 Å². The van der Waals surface area contributed by atoms with Crippen LogP contribution in [0.25, 0.3) is 0 Å². The Kier molecular flexibility index (Phi) is 6.53. The van der Waals surface area contributed by atoms with Crippen LogP contribution in [-0.2, 0) is 0 Å². The molecule has 0 atom stereocenters. The summed E-state index contributed by atoms with van der Waals surface area (Å²) in [6.07, 6.45) is 4.57. The van der Waals surface area contributed by atoms with Crippen LogP contribution in [-0.4, -0.2) is 18.1 Å². The summed E-state index contributed by atoms with van der Waals surface area (Å²) in [6, 6.07) is 5.16. The largest absolute Gasteiger partial charge is 0.491 e. The van der Waals surface area contributed by atoms with Crippen LogP contribution in [0.5, 0.6) is 5.75 Å². The third-order valence-corrected chi connectivity index (χ3v) is 3.02. The van der Waals surface area contributed by atoms with Gasteiger partial charge in [-0.3, -0.25) is 4.79 Å². The summed E-state index contributed by atoms with van der Waals surface area (Å²) < 4.78 is 5.70. The second-order valence-corrected chi connectivity index (χ2v) is 6.37. The zero-order valence-corrected chi connectivity index (χ0v) is 13.7. The number of carbonyl (C=O) groups is 1. The van der Waals surface area contributed by atoms with Gasteiger partial charge < -0.3 is 15.8 Å². The number of unbranched alkanes of at least 4 members (excludes halogenated alkanes) is 3. The van der Waals surface area contributed by atoms with Gasteiger partial charge in [0.15, 0.2) is 0 Å². The van der Waals surface area contributed by atoms with Crippen molar-refractivity contribution >= 4 is 11.6 Å². The second kappa shape index (κ2) is 7.91. The Balaban J connectivity index is 2.64. The molecule has 0 bridgehead atoms. The lowest BCUT2D eigenvalue weighted by Crippen LogP contribution is -2.40. The molecule has 0 saturated heterocycles. The number of nitrogens with one attached hydrogen (secondary N) is 1. The average molecular weight is 292 g/mol. The minimum Gasteiger partial charge on any atom is -0.491 e. The van der Waals surface area contributed by atoms with E-state index in [2.05, 4.69) is 12.2 Å². The lowest BCUT2D eigenvalue weighted by atomic mass is 10.1. The maximum absolute atomic E-state index is 12.1. The number of nitrogens with two attached hydrogens (primary N) is 1. The molecule has 0 radical (unpaired) electrons. The van der Waals surface area contributed by atoms with Crippen molar-refractivity contribution in [3.8, 4) is 5.75 Å². The lowest BCUT2D eigenvalue weighted by Gasteiger charge is -2.20. The molecule has 4 nitrogen and oxygen atoms in total. The summed E-state index contributed by atoms with van der Waals surface area (Å²) in [6.45, 7) is 8.67. The summed E-state index contributed by atoms with van der Waals surface area (Å²) in [7, 11) is 0. The van der Waals surface area contributed by atoms with Crippen molar-refractivity contribution in [2.45, 2.75) is 58.9 Å². The number of carbonyl (C=O) groups excluding carboxylic acids is 1. The first-order valence-corrected chi connectivity index (χ1v) is 7.68. The fourth-order valence-corrected chi connectivity index (χ4v) is 1.92. The Morgan fingerprint density at radius 1 is 1.24 bits per heavy atom. The van der Waals surface area contributed by atoms with Crippen LogP contribution >= 0.6 is 0 Å². The van der Waals surface area contributed by atoms with E-state index in [0.717, 1.165) is 12.8 Å². The SMILES string of the molecule is CCCCCCOc1cc(C(=O)NC(C)(C)C)ccc1N. The molecule has 0 aromatic heterocycles. The number of nitrogen functional groups attached to an aromatic ring is 1. The summed E-state index contributed by atoms with van der Waals surface area (Å²) >= 11 is 0. The quantitative estimate of drug-likeness (QED) is 0.594. The normalized spacial score (nSPS) is 11.2. The monoisotopic (exact) mass is 292 g/mol. The Hall–Kier alpha value is -1.71. The number of rotatable bonds is 7. The molecule has 0 unspecified atom stereocenters. The van der Waals surface area contributed by atoms with Crippen molar-refractivity contribution in [3.05, 3.63) is 23.8 Å². The minimum atomic E-state index is -0.264. The zero-order valence-electron chi connectivity index (χ0n) is 13.7. The highest BCUT2D eigenvalue weighted by molar-refractivity contribution is 5.95. The molecule has 1 aromatic carbocycles. The number of ether oxygens (including phenoxy) is 1. The van der Waals surface area contributed by atoms with Gasteiger partial charge in [-0.15, -0.1) is 0 Å². The van der Waals surface area contributed by atoms with Crippen LogP contribution < -0.4 is 15.8 Å². The van der Waals surface area contributed by atoms with Gasteiger partial charge in [0, 0.05) is 11.1 Å². The van der Waals surface area contributed by atoms with Gasteiger partial charge >= 0.3 is 0 Å². The van der Waals surface area contributed by atoms with Crippen LogP contribution in [0.4, 0.5) is 5.69 Å². The molecule has 0 aliphatic rings. The first kappa shape index (κ1) is 17.3. The molecule has 1 aromatic rings. The van der Waals surface area contributed by atoms with Crippen LogP contribution in [0.15, 0.2) is 18.2 Å². The highest BCUT2D eigenvalue weighted by Gasteiger charge is 2.16. The average Bonchev–Trinajstić information content (AvgIpc) is 2.38. The molecule has 0 aliphatic heterocycles. The molecule has 0 heterocycles. The van der Waals surface area contributed by atoms with E-state index in [1.54, 1.807) is 18.2 Å². The van der Waals surface area contributed by atoms with E-state index in [-0.39, 0.29) is 11.4 Å². The van der Waals surface area contributed by atoms with Crippen molar-refractivity contribution in [1.82, 2.24) is 5.32 Å². The van der Waals surface area contributed by atoms with Crippen molar-refractivity contribution in [2.24, 2.45) is 0 Å². The summed E-state index contributed by atoms with van der Waals surface area (Å²) in [4.78, 5) is 12.1. The summed E-state index contributed by atoms with van der Waals surface area (Å²) in [5, 5.41) is 2.93. The van der Waals surface area contributed by atoms with E-state index in [9.17, 15) is 4.79 Å². The number of benzene rings is 1. The highest BCUT2D eigenvalue weighted by Crippen LogP contribution is 2.23. The molecule has 21 heavy (non-hydrogen) atoms. The first-order chi connectivity index (χ1) is 9.83. The third-order valence-electron chi connectivity index (χ3n) is 3.02. The molecule has 0 fully saturated rings. The zero-order chi connectivity index (χ0) is 15.9. The van der Waals surface area contributed by atoms with Crippen molar-refractivity contribution in [1.29, 1.82) is 0 Å². The van der Waals surface area contributed by atoms with E-state index in [1.165, 1.54) is 12.8 Å². The Morgan fingerprint density at radius 3 is 2.57 bits per heavy atom. The van der Waals surface area contributed by atoms with Crippen LogP contribution in [0.1, 0.15) is 63.7 Å². The molecule has 3 N–H and O–H groups in total. The standard InChI is InChI=1S/C17H28N2O2/c1-5-6-7-8-11-21-15-12-13(9-10-14(15)18)16(20)19-17(2,3)4/h9-10,12H,5-8,11,18H2,1-4H3,(H,19,20). The van der Waals surface area contributed by atoms with Crippen LogP contribution in [0, 0.1) is 0 Å². The molecule has 1 amide bonds. The molecule has 4 heteroatoms. The van der Waals surface area contributed by atoms with E-state index >= 15 is 0 Å². The van der Waals surface area contributed by atoms with Crippen LogP contribution in [0.3, 0.4) is 0 Å². The van der Waals surface area contributed by atoms with Gasteiger partial charge in [-0.05, 0) is 45.4 Å². The molecule has 1 rings (SSSR count). The Bertz CT molecular complexity index is 464. The molecular formula is C17H28N2O2. The maximum atomic E-state index is 12.1. The van der Waals surface area contributed by atoms with E-state index in [4.69, 9.17) is 10.5 Å². The smallest absolute Gasteiger partial charge is 0.251 e. The van der Waals surface area contributed by atoms with Gasteiger partial charge in [0.1, 0.15) is 5.75 Å². The van der Waals surface area contributed by atoms with Crippen molar-refractivity contribution < 1.29 is 9.53 Å². The fraction of sp³-hybridized carbons (Fsp3) is 0.588. The summed E-state index contributed by atoms with van der Waals surface area (Å²) in [5.41, 5.74) is 6.78. The van der Waals surface area contributed by atoms with Gasteiger partial charge in [-0.1, -0.05) is 26.2 Å². The van der Waals surface area contributed by atoms with Gasteiger partial charge in [-0.2, -0.15) is 0 Å². The fourth-order valence-electron chi connectivity index (χ4n) is 1.92. The number of amides is 1. The minimum absolute atomic E-state index is 0.113. The van der Waals surface area contributed by atoms with E-state index in [1.807, 2.05) is 20.8 Å². The molecule has 0 aliphatic carbocycles. The lowest BCUT2D eigenvalue weighted by molar-refractivity contribution is 0.0919. The van der Waals surface area contributed by atoms with Gasteiger partial charge in [0.25, 0.3) is 5.91 Å². The number of hydrogen-bond donors (Lipinski definition) is 2. The maximum Gasteiger partial charge on any atom is 0.251 e. The van der Waals surface area contributed by atoms with Gasteiger partial charge in [0.2, 0.25) is 0 Å². The van der Waals surface area contributed by atoms with Crippen LogP contribution in [0.2, 0.25) is 0 Å². The van der Waals surface area contributed by atoms with Crippen molar-refractivity contribution in [3.63, 3.8) is 0 Å². The first-order valence-electron chi connectivity index (χ1n) is 7.68. The molecular weight excluding hydrogens is 264 g/mol. The third kappa shape index (κ3) is 6.52. The van der Waals surface area contributed by atoms with E-state index in [0.29, 0.717) is 23.6 Å². The topological polar surface area (TPSA) is 64.3 Å². The number of anilines is 1.